The molecule has 1 rings (SSSR count). The predicted octanol–water partition coefficient (Wildman–Crippen LogP) is 4.04. The second kappa shape index (κ2) is 29.0. The number of hydrogen-bond donors (Lipinski definition) is 9. The molecule has 0 saturated heterocycles. The minimum atomic E-state index is -5.34. The summed E-state index contributed by atoms with van der Waals surface area (Å²) in [4.78, 5) is 51.5. The maximum atomic E-state index is 12.5. The Morgan fingerprint density at radius 1 is 0.736 bits per heavy atom. The molecule has 1 fully saturated rings. The van der Waals surface area contributed by atoms with E-state index in [9.17, 15) is 44.0 Å². The zero-order valence-electron chi connectivity index (χ0n) is 29.6. The van der Waals surface area contributed by atoms with E-state index in [4.69, 9.17) is 30.6 Å². The molecule has 0 amide bonds. The van der Waals surface area contributed by atoms with Gasteiger partial charge in [-0.25, -0.2) is 9.13 Å². The van der Waals surface area contributed by atoms with Gasteiger partial charge in [0.05, 0.1) is 13.0 Å². The van der Waals surface area contributed by atoms with Crippen molar-refractivity contribution in [3.63, 3.8) is 0 Å². The molecule has 1 aliphatic carbocycles. The van der Waals surface area contributed by atoms with Crippen molar-refractivity contribution < 1.29 is 84.4 Å². The van der Waals surface area contributed by atoms with Crippen LogP contribution in [0.2, 0.25) is 0 Å². The van der Waals surface area contributed by atoms with Crippen molar-refractivity contribution in [1.82, 2.24) is 0 Å². The summed E-state index contributed by atoms with van der Waals surface area (Å²) in [7, 11) is -10.6. The molecule has 16 nitrogen and oxygen atoms in total. The summed E-state index contributed by atoms with van der Waals surface area (Å²) in [6.45, 7) is 1.25. The summed E-state index contributed by atoms with van der Waals surface area (Å²) < 4.78 is 42.3. The van der Waals surface area contributed by atoms with Gasteiger partial charge in [0, 0.05) is 13.6 Å². The number of carbonyl (C=O) groups excluding carboxylic acids is 1. The van der Waals surface area contributed by atoms with Crippen molar-refractivity contribution in [1.29, 1.82) is 0 Å². The molecule has 19 heteroatoms. The fourth-order valence-corrected chi connectivity index (χ4v) is 6.57. The minimum absolute atomic E-state index is 0. The van der Waals surface area contributed by atoms with Crippen LogP contribution in [0.5, 0.6) is 0 Å². The fourth-order valence-electron chi connectivity index (χ4n) is 4.97. The van der Waals surface area contributed by atoms with Crippen molar-refractivity contribution in [2.45, 2.75) is 146 Å². The van der Waals surface area contributed by atoms with Crippen molar-refractivity contribution in [3.8, 4) is 47.2 Å². The molecule has 0 radical (unpaired) electrons. The molecule has 0 heterocycles. The molecule has 4 unspecified atom stereocenters. The summed E-state index contributed by atoms with van der Waals surface area (Å²) in [5, 5.41) is 51.7. The Labute approximate surface area is 324 Å². The lowest BCUT2D eigenvalue weighted by atomic mass is 9.85. The number of hydrogen-bond acceptors (Lipinski definition) is 13. The minimum Gasteiger partial charge on any atom is -0.481 e. The molecule has 0 bridgehead atoms. The molecular formula is C34H62O16P2S. The van der Waals surface area contributed by atoms with Crippen LogP contribution in [-0.4, -0.2) is 101 Å². The molecule has 8 N–H and O–H groups in total. The average molecular weight is 821 g/mol. The molecule has 8 atom stereocenters. The number of carboxylic acid groups (broad SMARTS) is 1. The number of ether oxygens (including phenoxy) is 1. The van der Waals surface area contributed by atoms with Crippen LogP contribution in [0.25, 0.3) is 0 Å². The highest BCUT2D eigenvalue weighted by Crippen LogP contribution is 2.49. The van der Waals surface area contributed by atoms with Gasteiger partial charge >= 0.3 is 27.6 Å². The Hall–Kier alpha value is -2.41. The summed E-state index contributed by atoms with van der Waals surface area (Å²) in [6.07, 6.45) is 3.37. The first-order chi connectivity index (χ1) is 25.0. The lowest BCUT2D eigenvalue weighted by Gasteiger charge is -2.43. The number of rotatable bonds is 24. The molecule has 1 aliphatic rings. The van der Waals surface area contributed by atoms with Crippen molar-refractivity contribution in [2.24, 2.45) is 0 Å². The van der Waals surface area contributed by atoms with E-state index in [1.165, 1.54) is 51.4 Å². The standard InChI is InChI=1S/C26H50O16P2.C8H2S.5H2/c1-2-3-4-5-6-7-8-9-10-11-12-13-14-15-20(29)40-18(16-19(27)28)17-39-44(37,38)42-26-23(32)21(30)22(31)25(24(26)33)41-43(34,35)36;1-2-3-4-5-6-7-8-9;;;;;/h18,21-26,30-33H,2-17H2,1H3,(H,27,28)(H,37,38)(H2,34,35,36);1,9H;5*1H/t18-,21?,22-,23+,24?,25-,26?;;;;;;/m1....../s1. The Bertz CT molecular complexity index is 1440. The second-order valence-corrected chi connectivity index (χ2v) is 14.8. The van der Waals surface area contributed by atoms with E-state index in [2.05, 4.69) is 69.4 Å². The molecule has 0 aromatic rings. The number of phosphoric acid groups is 2. The number of esters is 1. The van der Waals surface area contributed by atoms with E-state index >= 15 is 0 Å². The normalized spacial score (nSPS) is 22.3. The molecular weight excluding hydrogens is 758 g/mol. The molecule has 53 heavy (non-hydrogen) atoms. The lowest BCUT2D eigenvalue weighted by molar-refractivity contribution is -0.216. The number of carbonyl (C=O) groups is 2. The van der Waals surface area contributed by atoms with Crippen LogP contribution in [0.15, 0.2) is 0 Å². The topological polar surface area (TPSA) is 267 Å². The van der Waals surface area contributed by atoms with Gasteiger partial charge in [0.25, 0.3) is 0 Å². The largest absolute Gasteiger partial charge is 0.481 e. The number of aliphatic hydroxyl groups is 4. The smallest absolute Gasteiger partial charge is 0.472 e. The number of phosphoric ester groups is 2. The molecule has 1 saturated carbocycles. The van der Waals surface area contributed by atoms with Gasteiger partial charge in [0.15, 0.2) is 0 Å². The van der Waals surface area contributed by atoms with Gasteiger partial charge in [0.2, 0.25) is 0 Å². The zero-order chi connectivity index (χ0) is 40.3. The third-order valence-corrected chi connectivity index (χ3v) is 9.16. The molecule has 0 aromatic carbocycles. The quantitative estimate of drug-likeness (QED) is 0.0219. The average Bonchev–Trinajstić information content (AvgIpc) is 3.08. The van der Waals surface area contributed by atoms with Crippen LogP contribution in [0.4, 0.5) is 0 Å². The van der Waals surface area contributed by atoms with E-state index in [0.717, 1.165) is 25.7 Å². The van der Waals surface area contributed by atoms with E-state index in [-0.39, 0.29) is 13.6 Å². The van der Waals surface area contributed by atoms with Crippen LogP contribution in [0.3, 0.4) is 0 Å². The van der Waals surface area contributed by atoms with Gasteiger partial charge in [0.1, 0.15) is 42.7 Å². The van der Waals surface area contributed by atoms with Gasteiger partial charge in [-0.15, -0.1) is 6.42 Å². The maximum absolute atomic E-state index is 12.5. The number of thiol groups is 1. The van der Waals surface area contributed by atoms with Gasteiger partial charge < -0.3 is 44.9 Å². The van der Waals surface area contributed by atoms with Crippen LogP contribution in [0.1, 0.15) is 110 Å². The lowest BCUT2D eigenvalue weighted by Crippen LogP contribution is -2.64. The van der Waals surface area contributed by atoms with Crippen LogP contribution in [0, 0.1) is 47.2 Å². The van der Waals surface area contributed by atoms with Crippen LogP contribution >= 0.6 is 28.3 Å². The van der Waals surface area contributed by atoms with E-state index in [1.54, 1.807) is 0 Å². The van der Waals surface area contributed by atoms with Crippen molar-refractivity contribution in [3.05, 3.63) is 0 Å². The Balaban J connectivity index is -0.000000430. The third kappa shape index (κ3) is 25.3. The highest BCUT2D eigenvalue weighted by Gasteiger charge is 2.54. The molecule has 0 aromatic heterocycles. The van der Waals surface area contributed by atoms with E-state index < -0.39 is 83.3 Å². The van der Waals surface area contributed by atoms with Crippen molar-refractivity contribution >= 4 is 40.2 Å². The zero-order valence-corrected chi connectivity index (χ0v) is 32.3. The number of aliphatic hydroxyl groups excluding tert-OH is 4. The summed E-state index contributed by atoms with van der Waals surface area (Å²) >= 11 is 3.59. The molecule has 310 valence electrons. The summed E-state index contributed by atoms with van der Waals surface area (Å²) in [5.41, 5.74) is 0. The fraction of sp³-hybridized carbons (Fsp3) is 0.706. The van der Waals surface area contributed by atoms with Gasteiger partial charge in [-0.3, -0.25) is 23.2 Å². The summed E-state index contributed by atoms with van der Waals surface area (Å²) in [5.74, 6) is 11.9. The van der Waals surface area contributed by atoms with Crippen molar-refractivity contribution in [2.75, 3.05) is 6.61 Å². The maximum Gasteiger partial charge on any atom is 0.472 e. The number of aliphatic carboxylic acids is 1. The van der Waals surface area contributed by atoms with Crippen LogP contribution < -0.4 is 0 Å². The first kappa shape index (κ1) is 50.6. The first-order valence-electron chi connectivity index (χ1n) is 17.1. The Morgan fingerprint density at radius 2 is 1.21 bits per heavy atom. The number of terminal acetylenes is 1. The predicted molar refractivity (Wildman–Crippen MR) is 206 cm³/mol. The second-order valence-electron chi connectivity index (χ2n) is 11.9. The Morgan fingerprint density at radius 3 is 1.68 bits per heavy atom. The van der Waals surface area contributed by atoms with E-state index in [1.807, 2.05) is 0 Å². The highest BCUT2D eigenvalue weighted by molar-refractivity contribution is 7.85. The van der Waals surface area contributed by atoms with Gasteiger partial charge in [-0.05, 0) is 47.2 Å². The third-order valence-electron chi connectivity index (χ3n) is 7.55. The Kier molecular flexibility index (Phi) is 27.6. The first-order valence-corrected chi connectivity index (χ1v) is 20.6. The molecule has 0 aliphatic heterocycles. The number of unbranched alkanes of at least 4 members (excludes halogenated alkanes) is 12. The van der Waals surface area contributed by atoms with Gasteiger partial charge in [-0.1, -0.05) is 96.6 Å². The SMILES string of the molecule is C#CC#CC#CC#CS.CCCCCCCCCCCCCCCC(=O)O[C@@H](COP(=O)(O)OC1C(O)[C@H](OP(=O)(O)O)[C@H](O)C(O)[C@@H]1O)CC(=O)O.[HH].[HH].[HH].[HH].[HH]. The van der Waals surface area contributed by atoms with E-state index in [0.29, 0.717) is 6.42 Å². The number of carboxylic acids is 1. The summed E-state index contributed by atoms with van der Waals surface area (Å²) in [6, 6.07) is 0. The van der Waals surface area contributed by atoms with Gasteiger partial charge in [-0.2, -0.15) is 0 Å². The monoisotopic (exact) mass is 820 g/mol. The van der Waals surface area contributed by atoms with Crippen LogP contribution in [-0.2, 0) is 37.0 Å². The highest BCUT2D eigenvalue weighted by atomic mass is 32.1. The molecule has 0 spiro atoms.